The number of rotatable bonds is 18. The van der Waals surface area contributed by atoms with E-state index in [1.54, 1.807) is 13.8 Å². The molecule has 1 aromatic rings. The fourth-order valence-corrected chi connectivity index (χ4v) is 7.09. The molecule has 0 bridgehead atoms. The van der Waals surface area contributed by atoms with Crippen LogP contribution in [0.3, 0.4) is 0 Å². The smallest absolute Gasteiger partial charge is 0.370 e. The van der Waals surface area contributed by atoms with Gasteiger partial charge in [-0.15, -0.1) is 0 Å². The number of oxime groups is 1. The predicted octanol–water partition coefficient (Wildman–Crippen LogP) is 3.34. The molecule has 0 aromatic carbocycles. The van der Waals surface area contributed by atoms with Crippen LogP contribution in [0.15, 0.2) is 27.0 Å². The zero-order chi connectivity index (χ0) is 30.6. The van der Waals surface area contributed by atoms with Crippen molar-refractivity contribution in [2.75, 3.05) is 33.3 Å². The summed E-state index contributed by atoms with van der Waals surface area (Å²) < 4.78 is 50.8. The number of aromatic nitrogens is 2. The highest BCUT2D eigenvalue weighted by Crippen LogP contribution is 2.50. The van der Waals surface area contributed by atoms with E-state index in [0.717, 1.165) is 0 Å². The number of H-pyrrole nitrogens is 1. The molecule has 0 aliphatic carbocycles. The first-order chi connectivity index (χ1) is 19.5. The van der Waals surface area contributed by atoms with Crippen molar-refractivity contribution < 1.29 is 37.0 Å². The summed E-state index contributed by atoms with van der Waals surface area (Å²) in [6.45, 7) is 11.8. The SMILES string of the molecule is CCOP(=O)(CO/N=C/[C@H]1O[C@@H](n2ccc(=O)[nH]c2=O)C(OC)C1OP(OCCC#N)N(C(C)C)C(C)C)OCC. The fraction of sp³-hybridized carbons (Fsp3) is 0.750. The zero-order valence-electron chi connectivity index (χ0n) is 24.5. The monoisotopic (exact) mass is 621 g/mol. The molecule has 3 unspecified atom stereocenters. The van der Waals surface area contributed by atoms with Gasteiger partial charge in [0.25, 0.3) is 14.1 Å². The number of hydrogen-bond donors (Lipinski definition) is 1. The van der Waals surface area contributed by atoms with E-state index in [1.165, 1.54) is 30.2 Å². The number of nitrogens with zero attached hydrogens (tertiary/aromatic N) is 4. The van der Waals surface area contributed by atoms with Crippen LogP contribution in [0.25, 0.3) is 0 Å². The average molecular weight is 622 g/mol. The van der Waals surface area contributed by atoms with Gasteiger partial charge in [-0.1, -0.05) is 5.16 Å². The second-order valence-corrected chi connectivity index (χ2v) is 12.7. The van der Waals surface area contributed by atoms with E-state index in [4.69, 9.17) is 37.7 Å². The van der Waals surface area contributed by atoms with Crippen molar-refractivity contribution in [3.63, 3.8) is 0 Å². The molecule has 0 amide bonds. The van der Waals surface area contributed by atoms with Crippen LogP contribution in [0.5, 0.6) is 0 Å². The van der Waals surface area contributed by atoms with Crippen molar-refractivity contribution in [1.82, 2.24) is 14.2 Å². The van der Waals surface area contributed by atoms with E-state index < -0.39 is 58.3 Å². The standard InChI is InChI=1S/C24H41N5O10P2/c1-8-36-41(32,37-9-2)16-34-26-15-19-21(39-40(35-14-10-12-25)29(17(3)4)18(5)6)22(33-7)23(38-19)28-13-11-20(30)27-24(28)31/h11,13,15,17-19,21-23H,8-10,14,16H2,1-7H3,(H,27,30,31)/b26-15+/t19-,21?,22?,23-,40?/m1/s1. The first kappa shape index (κ1) is 35.2. The minimum absolute atomic E-state index is 0.0193. The Hall–Kier alpha value is -1.98. The Balaban J connectivity index is 2.43. The molecule has 1 aromatic heterocycles. The highest BCUT2D eigenvalue weighted by Gasteiger charge is 2.49. The molecule has 1 aliphatic heterocycles. The predicted molar refractivity (Wildman–Crippen MR) is 151 cm³/mol. The van der Waals surface area contributed by atoms with Gasteiger partial charge in [0.1, 0.15) is 18.3 Å². The van der Waals surface area contributed by atoms with Gasteiger partial charge in [0.05, 0.1) is 38.5 Å². The minimum Gasteiger partial charge on any atom is -0.383 e. The second-order valence-electron chi connectivity index (χ2n) is 9.28. The van der Waals surface area contributed by atoms with Crippen LogP contribution in [-0.4, -0.2) is 84.1 Å². The number of nitrogens with one attached hydrogen (secondary N) is 1. The van der Waals surface area contributed by atoms with E-state index in [9.17, 15) is 14.2 Å². The van der Waals surface area contributed by atoms with Gasteiger partial charge in [-0.3, -0.25) is 18.9 Å². The summed E-state index contributed by atoms with van der Waals surface area (Å²) in [4.78, 5) is 31.8. The third-order valence-corrected chi connectivity index (χ3v) is 9.51. The van der Waals surface area contributed by atoms with Crippen LogP contribution in [-0.2, 0) is 37.0 Å². The topological polar surface area (TPSA) is 176 Å². The van der Waals surface area contributed by atoms with Crippen molar-refractivity contribution in [1.29, 1.82) is 5.26 Å². The molecule has 1 aliphatic rings. The van der Waals surface area contributed by atoms with Crippen LogP contribution in [0.1, 0.15) is 54.2 Å². The Morgan fingerprint density at radius 2 is 1.88 bits per heavy atom. The maximum absolute atomic E-state index is 12.7. The van der Waals surface area contributed by atoms with Gasteiger partial charge < -0.3 is 32.4 Å². The number of ether oxygens (including phenoxy) is 2. The van der Waals surface area contributed by atoms with Gasteiger partial charge in [0.2, 0.25) is 6.35 Å². The molecule has 1 saturated heterocycles. The van der Waals surface area contributed by atoms with Gasteiger partial charge >= 0.3 is 13.3 Å². The Kier molecular flexibility index (Phi) is 14.8. The Bertz CT molecular complexity index is 1150. The van der Waals surface area contributed by atoms with E-state index in [2.05, 4.69) is 16.2 Å². The van der Waals surface area contributed by atoms with Crippen LogP contribution < -0.4 is 11.2 Å². The molecule has 2 rings (SSSR count). The molecule has 17 heteroatoms. The molecular formula is C24H41N5O10P2. The average Bonchev–Trinajstić information content (AvgIpc) is 3.23. The summed E-state index contributed by atoms with van der Waals surface area (Å²) in [6, 6.07) is 3.29. The van der Waals surface area contributed by atoms with E-state index in [1.807, 2.05) is 32.4 Å². The third-order valence-electron chi connectivity index (χ3n) is 5.65. The first-order valence-corrected chi connectivity index (χ1v) is 16.2. The van der Waals surface area contributed by atoms with E-state index >= 15 is 0 Å². The highest BCUT2D eigenvalue weighted by molar-refractivity contribution is 7.53. The molecule has 5 atom stereocenters. The minimum atomic E-state index is -3.52. The summed E-state index contributed by atoms with van der Waals surface area (Å²) in [5.41, 5.74) is -1.27. The molecule has 15 nitrogen and oxygen atoms in total. The lowest BCUT2D eigenvalue weighted by molar-refractivity contribution is -0.0467. The lowest BCUT2D eigenvalue weighted by atomic mass is 10.1. The molecule has 1 fully saturated rings. The molecule has 41 heavy (non-hydrogen) atoms. The Morgan fingerprint density at radius 3 is 2.41 bits per heavy atom. The van der Waals surface area contributed by atoms with Gasteiger partial charge in [-0.05, 0) is 41.5 Å². The lowest BCUT2D eigenvalue weighted by Gasteiger charge is -2.37. The quantitative estimate of drug-likeness (QED) is 0.110. The normalized spacial score (nSPS) is 22.2. The van der Waals surface area contributed by atoms with Crippen molar-refractivity contribution in [3.8, 4) is 6.07 Å². The molecule has 0 spiro atoms. The fourth-order valence-electron chi connectivity index (χ4n) is 4.12. The van der Waals surface area contributed by atoms with Gasteiger partial charge in [-0.25, -0.2) is 9.46 Å². The third kappa shape index (κ3) is 10.1. The zero-order valence-corrected chi connectivity index (χ0v) is 26.3. The van der Waals surface area contributed by atoms with Crippen LogP contribution in [0.4, 0.5) is 0 Å². The van der Waals surface area contributed by atoms with Gasteiger partial charge in [0, 0.05) is 31.5 Å². The van der Waals surface area contributed by atoms with Crippen molar-refractivity contribution in [2.45, 2.75) is 84.6 Å². The molecule has 232 valence electrons. The molecule has 2 heterocycles. The Morgan fingerprint density at radius 1 is 1.22 bits per heavy atom. The summed E-state index contributed by atoms with van der Waals surface area (Å²) in [5.74, 6) is 0. The van der Waals surface area contributed by atoms with E-state index in [-0.39, 0.29) is 38.3 Å². The van der Waals surface area contributed by atoms with Crippen molar-refractivity contribution in [3.05, 3.63) is 33.1 Å². The maximum Gasteiger partial charge on any atom is 0.370 e. The van der Waals surface area contributed by atoms with E-state index in [0.29, 0.717) is 0 Å². The summed E-state index contributed by atoms with van der Waals surface area (Å²) in [7, 11) is -3.83. The summed E-state index contributed by atoms with van der Waals surface area (Å²) in [6.07, 6.45) is -1.37. The largest absolute Gasteiger partial charge is 0.383 e. The molecule has 0 radical (unpaired) electrons. The van der Waals surface area contributed by atoms with Crippen molar-refractivity contribution >= 4 is 22.3 Å². The lowest BCUT2D eigenvalue weighted by Crippen LogP contribution is -2.41. The number of aromatic amines is 1. The second kappa shape index (κ2) is 17.2. The number of methoxy groups -OCH3 is 1. The van der Waals surface area contributed by atoms with Crippen LogP contribution >= 0.6 is 16.1 Å². The molecule has 1 N–H and O–H groups in total. The van der Waals surface area contributed by atoms with Crippen molar-refractivity contribution in [2.24, 2.45) is 5.16 Å². The first-order valence-electron chi connectivity index (χ1n) is 13.3. The maximum atomic E-state index is 12.7. The van der Waals surface area contributed by atoms with Crippen LogP contribution in [0, 0.1) is 11.3 Å². The van der Waals surface area contributed by atoms with Gasteiger partial charge in [0.15, 0.2) is 6.23 Å². The highest BCUT2D eigenvalue weighted by atomic mass is 31.2. The molecular weight excluding hydrogens is 580 g/mol. The van der Waals surface area contributed by atoms with Crippen LogP contribution in [0.2, 0.25) is 0 Å². The number of hydrogen-bond acceptors (Lipinski definition) is 13. The summed E-state index contributed by atoms with van der Waals surface area (Å²) >= 11 is 0. The van der Waals surface area contributed by atoms with Gasteiger partial charge in [-0.2, -0.15) is 5.26 Å². The Labute approximate surface area is 241 Å². The summed E-state index contributed by atoms with van der Waals surface area (Å²) in [5, 5.41) is 13.0. The molecule has 0 saturated carbocycles. The number of nitriles is 1.